The molecule has 0 atom stereocenters. The minimum atomic E-state index is -4.35. The number of ether oxygens (including phenoxy) is 3. The Labute approximate surface area is 190 Å². The lowest BCUT2D eigenvalue weighted by atomic mass is 10.0. The van der Waals surface area contributed by atoms with Gasteiger partial charge in [0.2, 0.25) is 0 Å². The first-order chi connectivity index (χ1) is 15.2. The molecule has 0 aromatic heterocycles. The van der Waals surface area contributed by atoms with Crippen LogP contribution in [0.4, 0.5) is 17.6 Å². The monoisotopic (exact) mass is 474 g/mol. The Morgan fingerprint density at radius 3 is 1.94 bits per heavy atom. The van der Waals surface area contributed by atoms with Gasteiger partial charge in [-0.25, -0.2) is 0 Å². The third-order valence-electron chi connectivity index (χ3n) is 4.70. The lowest BCUT2D eigenvalue weighted by molar-refractivity contribution is -0.137. The highest BCUT2D eigenvalue weighted by Gasteiger charge is 2.30. The van der Waals surface area contributed by atoms with Crippen molar-refractivity contribution in [3.05, 3.63) is 64.5 Å². The maximum absolute atomic E-state index is 12.6. The first kappa shape index (κ1) is 25.8. The molecular formula is C24H27ClF4O3. The summed E-state index contributed by atoms with van der Waals surface area (Å²) in [5, 5.41) is -0.807. The van der Waals surface area contributed by atoms with Gasteiger partial charge < -0.3 is 14.2 Å². The summed E-state index contributed by atoms with van der Waals surface area (Å²) >= 11 is 5.18. The average Bonchev–Trinajstić information content (AvgIpc) is 2.75. The summed E-state index contributed by atoms with van der Waals surface area (Å²) in [5.41, 5.74) is 1.29. The van der Waals surface area contributed by atoms with Crippen LogP contribution >= 0.6 is 11.6 Å². The molecule has 0 amide bonds. The van der Waals surface area contributed by atoms with Crippen LogP contribution in [0.15, 0.2) is 47.8 Å². The van der Waals surface area contributed by atoms with E-state index in [0.29, 0.717) is 31.1 Å². The van der Waals surface area contributed by atoms with Gasteiger partial charge in [0.05, 0.1) is 18.8 Å². The minimum Gasteiger partial charge on any atom is -0.494 e. The molecule has 176 valence electrons. The van der Waals surface area contributed by atoms with Crippen LogP contribution in [-0.2, 0) is 19.0 Å². The molecule has 0 fully saturated rings. The molecule has 0 heterocycles. The lowest BCUT2D eigenvalue weighted by Crippen LogP contribution is -2.07. The highest BCUT2D eigenvalue weighted by atomic mass is 35.5. The van der Waals surface area contributed by atoms with Gasteiger partial charge in [-0.3, -0.25) is 0 Å². The first-order valence-corrected chi connectivity index (χ1v) is 10.8. The third kappa shape index (κ3) is 8.26. The maximum Gasteiger partial charge on any atom is 0.416 e. The van der Waals surface area contributed by atoms with Crippen LogP contribution in [0.5, 0.6) is 17.2 Å². The van der Waals surface area contributed by atoms with E-state index in [1.807, 2.05) is 26.0 Å². The van der Waals surface area contributed by atoms with Crippen LogP contribution in [0.3, 0.4) is 0 Å². The van der Waals surface area contributed by atoms with Gasteiger partial charge in [-0.15, -0.1) is 0 Å². The fourth-order valence-electron chi connectivity index (χ4n) is 3.03. The van der Waals surface area contributed by atoms with Crippen molar-refractivity contribution >= 4 is 11.6 Å². The van der Waals surface area contributed by atoms with E-state index in [0.717, 1.165) is 54.3 Å². The van der Waals surface area contributed by atoms with Crippen molar-refractivity contribution in [1.82, 2.24) is 0 Å². The molecule has 0 spiro atoms. The van der Waals surface area contributed by atoms with Gasteiger partial charge in [0, 0.05) is 6.08 Å². The van der Waals surface area contributed by atoms with Crippen molar-refractivity contribution in [2.24, 2.45) is 0 Å². The molecule has 0 saturated carbocycles. The van der Waals surface area contributed by atoms with Gasteiger partial charge >= 0.3 is 6.18 Å². The lowest BCUT2D eigenvalue weighted by Gasteiger charge is -2.17. The summed E-state index contributed by atoms with van der Waals surface area (Å²) in [4.78, 5) is 0. The van der Waals surface area contributed by atoms with Gasteiger partial charge in [0.25, 0.3) is 0 Å². The van der Waals surface area contributed by atoms with Crippen molar-refractivity contribution in [1.29, 1.82) is 0 Å². The summed E-state index contributed by atoms with van der Waals surface area (Å²) < 4.78 is 67.4. The van der Waals surface area contributed by atoms with E-state index in [-0.39, 0.29) is 6.61 Å². The predicted molar refractivity (Wildman–Crippen MR) is 117 cm³/mol. The second kappa shape index (κ2) is 12.6. The summed E-state index contributed by atoms with van der Waals surface area (Å²) in [5.74, 6) is 1.86. The fourth-order valence-corrected chi connectivity index (χ4v) is 3.09. The van der Waals surface area contributed by atoms with Gasteiger partial charge in [0.1, 0.15) is 23.9 Å². The molecule has 0 unspecified atom stereocenters. The number of halogens is 5. The molecule has 32 heavy (non-hydrogen) atoms. The highest BCUT2D eigenvalue weighted by Crippen LogP contribution is 2.32. The molecule has 3 nitrogen and oxygen atoms in total. The van der Waals surface area contributed by atoms with E-state index >= 15 is 0 Å². The van der Waals surface area contributed by atoms with Crippen LogP contribution in [0.2, 0.25) is 0 Å². The zero-order chi connectivity index (χ0) is 23.6. The zero-order valence-corrected chi connectivity index (χ0v) is 18.9. The summed E-state index contributed by atoms with van der Waals surface area (Å²) in [7, 11) is 0. The molecule has 0 radical (unpaired) electrons. The van der Waals surface area contributed by atoms with Crippen molar-refractivity contribution in [2.75, 3.05) is 19.8 Å². The van der Waals surface area contributed by atoms with Crippen molar-refractivity contribution in [3.8, 4) is 17.2 Å². The van der Waals surface area contributed by atoms with E-state index in [2.05, 4.69) is 0 Å². The van der Waals surface area contributed by atoms with Gasteiger partial charge in [0.15, 0.2) is 5.29 Å². The summed E-state index contributed by atoms with van der Waals surface area (Å²) in [6.45, 7) is 4.94. The average molecular weight is 475 g/mol. The Morgan fingerprint density at radius 1 is 0.875 bits per heavy atom. The Bertz CT molecular complexity index is 851. The zero-order valence-electron chi connectivity index (χ0n) is 18.1. The molecule has 0 N–H and O–H groups in total. The number of rotatable bonds is 12. The van der Waals surface area contributed by atoms with Crippen LogP contribution in [-0.4, -0.2) is 19.8 Å². The van der Waals surface area contributed by atoms with E-state index in [1.165, 1.54) is 12.1 Å². The standard InChI is InChI=1S/C24H27ClF4O3/c1-3-17-15-21(31-14-11-22(25)26)16-18(4-2)23(17)32-13-6-5-12-30-20-9-7-19(8-10-20)24(27,28)29/h7-11,15-16H,3-6,12-14H2,1-2H3/b22-11+. The Hall–Kier alpha value is -2.41. The number of benzene rings is 2. The second-order valence-electron chi connectivity index (χ2n) is 7.01. The molecular weight excluding hydrogens is 448 g/mol. The normalized spacial score (nSPS) is 12.0. The van der Waals surface area contributed by atoms with E-state index < -0.39 is 17.0 Å². The van der Waals surface area contributed by atoms with E-state index in [9.17, 15) is 17.6 Å². The molecule has 0 aliphatic heterocycles. The van der Waals surface area contributed by atoms with Crippen molar-refractivity contribution in [2.45, 2.75) is 45.7 Å². The molecule has 0 saturated heterocycles. The molecule has 2 rings (SSSR count). The first-order valence-electron chi connectivity index (χ1n) is 10.5. The third-order valence-corrected chi connectivity index (χ3v) is 4.86. The number of unbranched alkanes of at least 4 members (excludes halogenated alkanes) is 1. The largest absolute Gasteiger partial charge is 0.494 e. The van der Waals surface area contributed by atoms with Crippen molar-refractivity contribution in [3.63, 3.8) is 0 Å². The number of hydrogen-bond acceptors (Lipinski definition) is 3. The molecule has 2 aromatic carbocycles. The van der Waals surface area contributed by atoms with Gasteiger partial charge in [-0.2, -0.15) is 17.6 Å². The Balaban J connectivity index is 1.83. The second-order valence-corrected chi connectivity index (χ2v) is 7.37. The molecule has 0 aliphatic rings. The number of aryl methyl sites for hydroxylation is 2. The fraction of sp³-hybridized carbons (Fsp3) is 0.417. The van der Waals surface area contributed by atoms with Crippen LogP contribution < -0.4 is 14.2 Å². The van der Waals surface area contributed by atoms with E-state index in [1.54, 1.807) is 0 Å². The van der Waals surface area contributed by atoms with Gasteiger partial charge in [-0.05, 0) is 73.2 Å². The van der Waals surface area contributed by atoms with Crippen LogP contribution in [0, 0.1) is 0 Å². The summed E-state index contributed by atoms with van der Waals surface area (Å²) in [6.07, 6.45) is -0.289. The molecule has 0 bridgehead atoms. The van der Waals surface area contributed by atoms with Crippen molar-refractivity contribution < 1.29 is 31.8 Å². The predicted octanol–water partition coefficient (Wildman–Crippen LogP) is 7.50. The maximum atomic E-state index is 12.6. The topological polar surface area (TPSA) is 27.7 Å². The molecule has 0 aliphatic carbocycles. The SMILES string of the molecule is CCc1cc(OC/C=C(/F)Cl)cc(CC)c1OCCCCOc1ccc(C(F)(F)F)cc1. The summed E-state index contributed by atoms with van der Waals surface area (Å²) in [6, 6.07) is 8.41. The molecule has 2 aromatic rings. The minimum absolute atomic E-state index is 0.0424. The van der Waals surface area contributed by atoms with E-state index in [4.69, 9.17) is 25.8 Å². The molecule has 8 heteroatoms. The smallest absolute Gasteiger partial charge is 0.416 e. The quantitative estimate of drug-likeness (QED) is 0.235. The Morgan fingerprint density at radius 2 is 1.44 bits per heavy atom. The number of alkyl halides is 3. The van der Waals surface area contributed by atoms with Gasteiger partial charge in [-0.1, -0.05) is 25.4 Å². The highest BCUT2D eigenvalue weighted by molar-refractivity contribution is 6.28. The Kier molecular flexibility index (Phi) is 10.2. The number of hydrogen-bond donors (Lipinski definition) is 0. The van der Waals surface area contributed by atoms with Crippen LogP contribution in [0.1, 0.15) is 43.4 Å². The van der Waals surface area contributed by atoms with Crippen LogP contribution in [0.25, 0.3) is 0 Å².